The molecule has 0 radical (unpaired) electrons. The van der Waals surface area contributed by atoms with E-state index in [1.807, 2.05) is 6.07 Å². The molecule has 8 nitrogen and oxygen atoms in total. The topological polar surface area (TPSA) is 119 Å². The van der Waals surface area contributed by atoms with Crippen LogP contribution in [0.3, 0.4) is 0 Å². The average molecular weight is 435 g/mol. The van der Waals surface area contributed by atoms with Crippen molar-refractivity contribution in [1.29, 1.82) is 5.26 Å². The zero-order valence-electron chi connectivity index (χ0n) is 15.6. The van der Waals surface area contributed by atoms with Crippen molar-refractivity contribution in [3.8, 4) is 6.07 Å². The van der Waals surface area contributed by atoms with Gasteiger partial charge in [-0.1, -0.05) is 11.6 Å². The second-order valence-electron chi connectivity index (χ2n) is 6.01. The van der Waals surface area contributed by atoms with E-state index in [0.29, 0.717) is 16.1 Å². The molecule has 0 heterocycles. The van der Waals surface area contributed by atoms with Crippen LogP contribution in [-0.4, -0.2) is 51.2 Å². The van der Waals surface area contributed by atoms with Crippen LogP contribution in [0.5, 0.6) is 0 Å². The third-order valence-electron chi connectivity index (χ3n) is 3.90. The van der Waals surface area contributed by atoms with Gasteiger partial charge in [-0.25, -0.2) is 8.42 Å². The lowest BCUT2D eigenvalue weighted by molar-refractivity contribution is -0.121. The van der Waals surface area contributed by atoms with Gasteiger partial charge in [0.2, 0.25) is 15.9 Å². The molecule has 10 heteroatoms. The Labute approximate surface area is 174 Å². The molecule has 0 saturated carbocycles. The number of hydrogen-bond donors (Lipinski definition) is 2. The minimum absolute atomic E-state index is 0.0120. The molecule has 2 N–H and O–H groups in total. The second kappa shape index (κ2) is 10.0. The quantitative estimate of drug-likeness (QED) is 0.608. The molecule has 2 rings (SSSR count). The van der Waals surface area contributed by atoms with Gasteiger partial charge in [-0.15, -0.1) is 0 Å². The third-order valence-corrected chi connectivity index (χ3v) is 5.97. The summed E-state index contributed by atoms with van der Waals surface area (Å²) in [4.78, 5) is 23.9. The number of hydrogen-bond acceptors (Lipinski definition) is 5. The van der Waals surface area contributed by atoms with Crippen LogP contribution in [0, 0.1) is 11.3 Å². The van der Waals surface area contributed by atoms with Crippen LogP contribution in [0.4, 0.5) is 0 Å². The lowest BCUT2D eigenvalue weighted by Crippen LogP contribution is -2.41. The van der Waals surface area contributed by atoms with E-state index in [4.69, 9.17) is 16.9 Å². The van der Waals surface area contributed by atoms with Gasteiger partial charge < -0.3 is 10.6 Å². The summed E-state index contributed by atoms with van der Waals surface area (Å²) in [6.07, 6.45) is 0. The lowest BCUT2D eigenvalue weighted by Gasteiger charge is -2.17. The van der Waals surface area contributed by atoms with Crippen molar-refractivity contribution in [2.75, 3.05) is 26.7 Å². The first-order valence-corrected chi connectivity index (χ1v) is 10.3. The van der Waals surface area contributed by atoms with Gasteiger partial charge in [0, 0.05) is 30.7 Å². The van der Waals surface area contributed by atoms with Crippen LogP contribution in [-0.2, 0) is 14.8 Å². The fourth-order valence-corrected chi connectivity index (χ4v) is 3.56. The van der Waals surface area contributed by atoms with Crippen LogP contribution in [0.1, 0.15) is 15.9 Å². The molecule has 29 heavy (non-hydrogen) atoms. The number of nitriles is 1. The number of benzene rings is 2. The first-order valence-electron chi connectivity index (χ1n) is 8.51. The Hall–Kier alpha value is -2.93. The van der Waals surface area contributed by atoms with E-state index in [0.717, 1.165) is 4.31 Å². The number of likely N-dealkylation sites (N-methyl/N-ethyl adjacent to an activating group) is 1. The SMILES string of the molecule is CN(CC(=O)NCCNC(=O)c1ccc(Cl)cc1)S(=O)(=O)c1ccc(C#N)cc1. The Kier molecular flexibility index (Phi) is 7.73. The number of nitrogens with zero attached hydrogens (tertiary/aromatic N) is 2. The Bertz CT molecular complexity index is 1020. The van der Waals surface area contributed by atoms with Crippen molar-refractivity contribution in [3.63, 3.8) is 0 Å². The summed E-state index contributed by atoms with van der Waals surface area (Å²) in [5, 5.41) is 14.5. The maximum atomic E-state index is 12.5. The fourth-order valence-electron chi connectivity index (χ4n) is 2.31. The summed E-state index contributed by atoms with van der Waals surface area (Å²) < 4.78 is 25.8. The highest BCUT2D eigenvalue weighted by molar-refractivity contribution is 7.89. The highest BCUT2D eigenvalue weighted by Gasteiger charge is 2.22. The predicted octanol–water partition coefficient (Wildman–Crippen LogP) is 1.38. The van der Waals surface area contributed by atoms with Gasteiger partial charge in [0.05, 0.1) is 23.1 Å². The van der Waals surface area contributed by atoms with Crippen molar-refractivity contribution in [3.05, 3.63) is 64.7 Å². The molecule has 0 aromatic heterocycles. The van der Waals surface area contributed by atoms with E-state index < -0.39 is 15.9 Å². The minimum Gasteiger partial charge on any atom is -0.353 e. The summed E-state index contributed by atoms with van der Waals surface area (Å²) in [7, 11) is -2.57. The average Bonchev–Trinajstić information content (AvgIpc) is 2.71. The number of carbonyl (C=O) groups excluding carboxylic acids is 2. The summed E-state index contributed by atoms with van der Waals surface area (Å²) in [5.41, 5.74) is 0.777. The maximum absolute atomic E-state index is 12.5. The summed E-state index contributed by atoms with van der Waals surface area (Å²) in [5.74, 6) is -0.818. The Morgan fingerprint density at radius 2 is 1.62 bits per heavy atom. The molecule has 0 spiro atoms. The molecule has 0 atom stereocenters. The van der Waals surface area contributed by atoms with Crippen LogP contribution in [0.25, 0.3) is 0 Å². The molecule has 0 saturated heterocycles. The third kappa shape index (κ3) is 6.29. The number of carbonyl (C=O) groups is 2. The van der Waals surface area contributed by atoms with Crippen LogP contribution < -0.4 is 10.6 Å². The summed E-state index contributed by atoms with van der Waals surface area (Å²) in [6.45, 7) is -0.0599. The molecule has 0 aliphatic carbocycles. The van der Waals surface area contributed by atoms with Crippen molar-refractivity contribution >= 4 is 33.4 Å². The first kappa shape index (κ1) is 22.4. The van der Waals surface area contributed by atoms with Gasteiger partial charge in [0.1, 0.15) is 0 Å². The van der Waals surface area contributed by atoms with E-state index in [1.165, 1.54) is 31.3 Å². The van der Waals surface area contributed by atoms with Gasteiger partial charge >= 0.3 is 0 Å². The largest absolute Gasteiger partial charge is 0.353 e. The smallest absolute Gasteiger partial charge is 0.251 e. The van der Waals surface area contributed by atoms with Gasteiger partial charge in [-0.2, -0.15) is 9.57 Å². The van der Waals surface area contributed by atoms with Gasteiger partial charge in [0.25, 0.3) is 5.91 Å². The molecular weight excluding hydrogens is 416 g/mol. The Morgan fingerprint density at radius 1 is 1.03 bits per heavy atom. The monoisotopic (exact) mass is 434 g/mol. The predicted molar refractivity (Wildman–Crippen MR) is 108 cm³/mol. The summed E-state index contributed by atoms with van der Waals surface area (Å²) in [6, 6.07) is 13.7. The van der Waals surface area contributed by atoms with E-state index in [-0.39, 0.29) is 30.4 Å². The van der Waals surface area contributed by atoms with Gasteiger partial charge in [-0.3, -0.25) is 9.59 Å². The molecule has 0 unspecified atom stereocenters. The maximum Gasteiger partial charge on any atom is 0.251 e. The molecule has 0 fully saturated rings. The zero-order valence-corrected chi connectivity index (χ0v) is 17.1. The molecule has 2 aromatic rings. The van der Waals surface area contributed by atoms with Crippen molar-refractivity contribution < 1.29 is 18.0 Å². The Morgan fingerprint density at radius 3 is 2.21 bits per heavy atom. The van der Waals surface area contributed by atoms with Gasteiger partial charge in [0.15, 0.2) is 0 Å². The standard InChI is InChI=1S/C19H19ClN4O4S/c1-24(29(27,28)17-8-2-14(12-21)3-9-17)13-18(25)22-10-11-23-19(26)15-4-6-16(20)7-5-15/h2-9H,10-11,13H2,1H3,(H,22,25)(H,23,26). The van der Waals surface area contributed by atoms with Crippen LogP contribution >= 0.6 is 11.6 Å². The molecule has 0 bridgehead atoms. The minimum atomic E-state index is -3.86. The van der Waals surface area contributed by atoms with Crippen LogP contribution in [0.2, 0.25) is 5.02 Å². The molecule has 152 valence electrons. The number of rotatable bonds is 8. The van der Waals surface area contributed by atoms with E-state index in [2.05, 4.69) is 10.6 Å². The van der Waals surface area contributed by atoms with Crippen molar-refractivity contribution in [2.24, 2.45) is 0 Å². The van der Waals surface area contributed by atoms with E-state index >= 15 is 0 Å². The second-order valence-corrected chi connectivity index (χ2v) is 8.49. The van der Waals surface area contributed by atoms with E-state index in [1.54, 1.807) is 24.3 Å². The van der Waals surface area contributed by atoms with Crippen LogP contribution in [0.15, 0.2) is 53.4 Å². The zero-order chi connectivity index (χ0) is 21.4. The number of nitrogens with one attached hydrogen (secondary N) is 2. The molecule has 0 aliphatic rings. The Balaban J connectivity index is 1.79. The number of sulfonamides is 1. The molecule has 2 amide bonds. The first-order chi connectivity index (χ1) is 13.7. The number of amides is 2. The highest BCUT2D eigenvalue weighted by Crippen LogP contribution is 2.14. The van der Waals surface area contributed by atoms with E-state index in [9.17, 15) is 18.0 Å². The molecular formula is C19H19ClN4O4S. The molecule has 0 aliphatic heterocycles. The van der Waals surface area contributed by atoms with Gasteiger partial charge in [-0.05, 0) is 48.5 Å². The summed E-state index contributed by atoms with van der Waals surface area (Å²) >= 11 is 5.77. The highest BCUT2D eigenvalue weighted by atomic mass is 35.5. The normalized spacial score (nSPS) is 11.0. The lowest BCUT2D eigenvalue weighted by atomic mass is 10.2. The number of halogens is 1. The van der Waals surface area contributed by atoms with Crippen molar-refractivity contribution in [1.82, 2.24) is 14.9 Å². The van der Waals surface area contributed by atoms with Crippen molar-refractivity contribution in [2.45, 2.75) is 4.90 Å². The fraction of sp³-hybridized carbons (Fsp3) is 0.211. The molecule has 2 aromatic carbocycles.